The molecule has 0 fully saturated rings. The molecule has 0 spiro atoms. The molecule has 0 saturated heterocycles. The molecule has 1 aliphatic carbocycles. The number of hydrogen-bond donors (Lipinski definition) is 0. The highest BCUT2D eigenvalue weighted by Gasteiger charge is 2.37. The van der Waals surface area contributed by atoms with Crippen LogP contribution in [0.25, 0.3) is 22.7 Å². The van der Waals surface area contributed by atoms with Gasteiger partial charge < -0.3 is 0 Å². The van der Waals surface area contributed by atoms with Crippen LogP contribution in [0.5, 0.6) is 0 Å². The van der Waals surface area contributed by atoms with Crippen molar-refractivity contribution in [2.75, 3.05) is 4.90 Å². The number of fused-ring (bicyclic) bond motifs is 4. The Hall–Kier alpha value is -3.72. The van der Waals surface area contributed by atoms with E-state index in [1.807, 2.05) is 53.4 Å². The largest absolute Gasteiger partial charge is 0.274 e. The molecule has 0 atom stereocenters. The van der Waals surface area contributed by atoms with Crippen LogP contribution in [0.1, 0.15) is 45.5 Å². The van der Waals surface area contributed by atoms with Crippen LogP contribution in [0.2, 0.25) is 0 Å². The molecule has 6 rings (SSSR count). The minimum atomic E-state index is 0.0640. The van der Waals surface area contributed by atoms with Gasteiger partial charge in [-0.25, -0.2) is 0 Å². The minimum Gasteiger partial charge on any atom is -0.274 e. The molecule has 0 N–H and O–H groups in total. The summed E-state index contributed by atoms with van der Waals surface area (Å²) in [5.74, 6) is 0.0640. The van der Waals surface area contributed by atoms with E-state index < -0.39 is 0 Å². The van der Waals surface area contributed by atoms with E-state index in [9.17, 15) is 4.79 Å². The lowest BCUT2D eigenvalue weighted by atomic mass is 9.86. The van der Waals surface area contributed by atoms with Gasteiger partial charge in [-0.1, -0.05) is 60.7 Å². The molecular formula is C28H22N2O. The lowest BCUT2D eigenvalue weighted by Crippen LogP contribution is -2.24. The SMILES string of the molecule is O=C1c2c(ccc3c2CCCC3)/C(=C\c2ccccc2)N1c1cccc2cccnc12. The van der Waals surface area contributed by atoms with E-state index in [0.717, 1.165) is 58.2 Å². The number of para-hydroxylation sites is 1. The molecule has 1 aliphatic heterocycles. The first-order valence-corrected chi connectivity index (χ1v) is 10.9. The number of benzene rings is 3. The Bertz CT molecular complexity index is 1350. The Morgan fingerprint density at radius 3 is 2.58 bits per heavy atom. The molecule has 1 amide bonds. The summed E-state index contributed by atoms with van der Waals surface area (Å²) in [6, 6.07) is 24.6. The molecule has 2 heterocycles. The molecule has 4 aromatic rings. The molecule has 3 aromatic carbocycles. The quantitative estimate of drug-likeness (QED) is 0.396. The van der Waals surface area contributed by atoms with Gasteiger partial charge in [-0.05, 0) is 60.6 Å². The lowest BCUT2D eigenvalue weighted by molar-refractivity contribution is 0.100. The standard InChI is InChI=1S/C28H22N2O/c31-28-26-22-13-5-4-10-20(22)15-16-23(26)25(18-19-8-2-1-3-9-19)30(28)24-14-6-11-21-12-7-17-29-27(21)24/h1-3,6-9,11-12,14-18H,4-5,10,13H2/b25-18+. The maximum absolute atomic E-state index is 14.0. The van der Waals surface area contributed by atoms with Gasteiger partial charge in [-0.15, -0.1) is 0 Å². The summed E-state index contributed by atoms with van der Waals surface area (Å²) in [7, 11) is 0. The summed E-state index contributed by atoms with van der Waals surface area (Å²) in [6.07, 6.45) is 8.30. The van der Waals surface area contributed by atoms with E-state index in [1.165, 1.54) is 17.5 Å². The molecule has 31 heavy (non-hydrogen) atoms. The first-order chi connectivity index (χ1) is 15.3. The van der Waals surface area contributed by atoms with Crippen LogP contribution in [-0.4, -0.2) is 10.9 Å². The van der Waals surface area contributed by atoms with Gasteiger partial charge in [0.15, 0.2) is 0 Å². The van der Waals surface area contributed by atoms with Gasteiger partial charge in [0.05, 0.1) is 22.5 Å². The van der Waals surface area contributed by atoms with E-state index in [2.05, 4.69) is 35.3 Å². The Balaban J connectivity index is 1.62. The second-order valence-corrected chi connectivity index (χ2v) is 8.27. The fraction of sp³-hybridized carbons (Fsp3) is 0.143. The minimum absolute atomic E-state index is 0.0640. The van der Waals surface area contributed by atoms with Crippen molar-refractivity contribution in [2.24, 2.45) is 0 Å². The van der Waals surface area contributed by atoms with Gasteiger partial charge in [-0.2, -0.15) is 0 Å². The van der Waals surface area contributed by atoms with Crippen LogP contribution in [-0.2, 0) is 12.8 Å². The number of aromatic nitrogens is 1. The second-order valence-electron chi connectivity index (χ2n) is 8.27. The van der Waals surface area contributed by atoms with Crippen molar-refractivity contribution in [1.82, 2.24) is 4.98 Å². The molecule has 0 saturated carbocycles. The monoisotopic (exact) mass is 402 g/mol. The Labute approximate surface area is 181 Å². The summed E-state index contributed by atoms with van der Waals surface area (Å²) in [5.41, 5.74) is 8.17. The summed E-state index contributed by atoms with van der Waals surface area (Å²) >= 11 is 0. The normalized spacial score (nSPS) is 16.6. The number of aryl methyl sites for hydroxylation is 1. The van der Waals surface area contributed by atoms with Crippen LogP contribution in [0.3, 0.4) is 0 Å². The van der Waals surface area contributed by atoms with E-state index in [-0.39, 0.29) is 5.91 Å². The molecular weight excluding hydrogens is 380 g/mol. The summed E-state index contributed by atoms with van der Waals surface area (Å²) in [6.45, 7) is 0. The van der Waals surface area contributed by atoms with Crippen LogP contribution in [0, 0.1) is 0 Å². The lowest BCUT2D eigenvalue weighted by Gasteiger charge is -2.20. The number of pyridine rings is 1. The number of rotatable bonds is 2. The van der Waals surface area contributed by atoms with Crippen molar-refractivity contribution in [1.29, 1.82) is 0 Å². The zero-order valence-corrected chi connectivity index (χ0v) is 17.2. The zero-order chi connectivity index (χ0) is 20.8. The van der Waals surface area contributed by atoms with E-state index in [0.29, 0.717) is 0 Å². The van der Waals surface area contributed by atoms with Crippen LogP contribution in [0.15, 0.2) is 79.0 Å². The number of carbonyl (C=O) groups excluding carboxylic acids is 1. The smallest absolute Gasteiger partial charge is 0.263 e. The first-order valence-electron chi connectivity index (χ1n) is 10.9. The van der Waals surface area contributed by atoms with E-state index in [4.69, 9.17) is 0 Å². The van der Waals surface area contributed by atoms with Gasteiger partial charge in [0, 0.05) is 17.1 Å². The van der Waals surface area contributed by atoms with Crippen LogP contribution >= 0.6 is 0 Å². The predicted molar refractivity (Wildman–Crippen MR) is 126 cm³/mol. The van der Waals surface area contributed by atoms with Crippen molar-refractivity contribution in [3.05, 3.63) is 107 Å². The van der Waals surface area contributed by atoms with Gasteiger partial charge in [0.25, 0.3) is 5.91 Å². The maximum Gasteiger partial charge on any atom is 0.263 e. The van der Waals surface area contributed by atoms with E-state index in [1.54, 1.807) is 6.20 Å². The summed E-state index contributed by atoms with van der Waals surface area (Å²) < 4.78 is 0. The average Bonchev–Trinajstić information content (AvgIpc) is 3.11. The van der Waals surface area contributed by atoms with Crippen molar-refractivity contribution in [3.63, 3.8) is 0 Å². The maximum atomic E-state index is 14.0. The highest BCUT2D eigenvalue weighted by atomic mass is 16.2. The Kier molecular flexibility index (Phi) is 4.20. The zero-order valence-electron chi connectivity index (χ0n) is 17.2. The molecule has 150 valence electrons. The summed E-state index contributed by atoms with van der Waals surface area (Å²) in [4.78, 5) is 20.5. The fourth-order valence-electron chi connectivity index (χ4n) is 4.98. The molecule has 0 radical (unpaired) electrons. The third-order valence-electron chi connectivity index (χ3n) is 6.42. The topological polar surface area (TPSA) is 33.2 Å². The van der Waals surface area contributed by atoms with Gasteiger partial charge in [-0.3, -0.25) is 14.7 Å². The van der Waals surface area contributed by atoms with Crippen molar-refractivity contribution in [2.45, 2.75) is 25.7 Å². The van der Waals surface area contributed by atoms with Crippen molar-refractivity contribution >= 4 is 34.3 Å². The predicted octanol–water partition coefficient (Wildman–Crippen LogP) is 6.27. The van der Waals surface area contributed by atoms with Crippen LogP contribution < -0.4 is 4.90 Å². The first kappa shape index (κ1) is 18.1. The van der Waals surface area contributed by atoms with E-state index >= 15 is 0 Å². The second kappa shape index (κ2) is 7.21. The number of anilines is 1. The van der Waals surface area contributed by atoms with Crippen molar-refractivity contribution < 1.29 is 4.79 Å². The van der Waals surface area contributed by atoms with Crippen molar-refractivity contribution in [3.8, 4) is 0 Å². The molecule has 3 heteroatoms. The highest BCUT2D eigenvalue weighted by Crippen LogP contribution is 2.43. The number of nitrogens with zero attached hydrogens (tertiary/aromatic N) is 2. The molecule has 0 unspecified atom stereocenters. The fourth-order valence-corrected chi connectivity index (χ4v) is 4.98. The Morgan fingerprint density at radius 2 is 1.68 bits per heavy atom. The highest BCUT2D eigenvalue weighted by molar-refractivity contribution is 6.27. The van der Waals surface area contributed by atoms with Crippen LogP contribution in [0.4, 0.5) is 5.69 Å². The third kappa shape index (κ3) is 2.89. The van der Waals surface area contributed by atoms with Gasteiger partial charge in [0.2, 0.25) is 0 Å². The average molecular weight is 402 g/mol. The summed E-state index contributed by atoms with van der Waals surface area (Å²) in [5, 5.41) is 1.03. The van der Waals surface area contributed by atoms with Gasteiger partial charge in [0.1, 0.15) is 0 Å². The number of hydrogen-bond acceptors (Lipinski definition) is 2. The third-order valence-corrected chi connectivity index (χ3v) is 6.42. The number of amides is 1. The Morgan fingerprint density at radius 1 is 0.839 bits per heavy atom. The molecule has 0 bridgehead atoms. The molecule has 2 aliphatic rings. The molecule has 3 nitrogen and oxygen atoms in total. The molecule has 1 aromatic heterocycles. The van der Waals surface area contributed by atoms with Gasteiger partial charge >= 0.3 is 0 Å². The number of carbonyl (C=O) groups is 1.